The molecule has 0 aliphatic heterocycles. The Labute approximate surface area is 169 Å². The molecule has 0 heterocycles. The van der Waals surface area contributed by atoms with E-state index in [-0.39, 0.29) is 10.8 Å². The molecule has 0 aliphatic rings. The minimum atomic E-state index is -3.73. The van der Waals surface area contributed by atoms with Crippen molar-refractivity contribution >= 4 is 38.9 Å². The Bertz CT molecular complexity index is 1100. The maximum Gasteiger partial charge on any atom is 0.264 e. The molecule has 28 heavy (non-hydrogen) atoms. The number of aryl methyl sites for hydroxylation is 1. The first kappa shape index (κ1) is 19.9. The molecule has 0 spiro atoms. The molecule has 0 atom stereocenters. The number of hydrogen-bond donors (Lipinski definition) is 1. The molecule has 0 aromatic heterocycles. The quantitative estimate of drug-likeness (QED) is 0.656. The highest BCUT2D eigenvalue weighted by Crippen LogP contribution is 2.24. The second kappa shape index (κ2) is 8.04. The minimum absolute atomic E-state index is 0.191. The van der Waals surface area contributed by atoms with E-state index >= 15 is 0 Å². The first-order valence-corrected chi connectivity index (χ1v) is 10.3. The Morgan fingerprint density at radius 3 is 2.25 bits per heavy atom. The summed E-state index contributed by atoms with van der Waals surface area (Å²) in [6, 6.07) is 19.8. The normalized spacial score (nSPS) is 11.1. The number of halogens is 1. The molecule has 0 saturated carbocycles. The molecule has 0 aliphatic carbocycles. The van der Waals surface area contributed by atoms with Crippen molar-refractivity contribution in [1.82, 2.24) is 0 Å². The van der Waals surface area contributed by atoms with Crippen molar-refractivity contribution in [3.05, 3.63) is 88.9 Å². The van der Waals surface area contributed by atoms with Gasteiger partial charge in [0.25, 0.3) is 15.9 Å². The van der Waals surface area contributed by atoms with Gasteiger partial charge in [-0.3, -0.25) is 9.10 Å². The molecule has 1 amide bonds. The van der Waals surface area contributed by atoms with Gasteiger partial charge in [-0.25, -0.2) is 8.42 Å². The van der Waals surface area contributed by atoms with Crippen LogP contribution >= 0.6 is 11.6 Å². The van der Waals surface area contributed by atoms with Crippen LogP contribution < -0.4 is 9.62 Å². The highest BCUT2D eigenvalue weighted by molar-refractivity contribution is 7.92. The zero-order valence-electron chi connectivity index (χ0n) is 15.4. The van der Waals surface area contributed by atoms with Gasteiger partial charge in [-0.15, -0.1) is 0 Å². The lowest BCUT2D eigenvalue weighted by molar-refractivity contribution is 0.102. The van der Waals surface area contributed by atoms with Crippen molar-refractivity contribution in [2.75, 3.05) is 16.7 Å². The number of amides is 1. The Balaban J connectivity index is 1.84. The van der Waals surface area contributed by atoms with Gasteiger partial charge in [-0.05, 0) is 61.5 Å². The summed E-state index contributed by atoms with van der Waals surface area (Å²) in [7, 11) is -2.26. The van der Waals surface area contributed by atoms with E-state index in [2.05, 4.69) is 5.32 Å². The number of benzene rings is 3. The van der Waals surface area contributed by atoms with E-state index in [9.17, 15) is 13.2 Å². The van der Waals surface area contributed by atoms with Crippen LogP contribution in [0.25, 0.3) is 0 Å². The lowest BCUT2D eigenvalue weighted by Crippen LogP contribution is -2.26. The molecule has 0 saturated heterocycles. The highest BCUT2D eigenvalue weighted by atomic mass is 35.5. The molecule has 7 heteroatoms. The molecule has 144 valence electrons. The molecule has 3 rings (SSSR count). The molecular weight excluding hydrogens is 396 g/mol. The largest absolute Gasteiger partial charge is 0.322 e. The van der Waals surface area contributed by atoms with Gasteiger partial charge in [0.2, 0.25) is 0 Å². The number of rotatable bonds is 5. The third-order valence-corrected chi connectivity index (χ3v) is 6.31. The van der Waals surface area contributed by atoms with Crippen LogP contribution in [0.2, 0.25) is 5.02 Å². The molecule has 0 fully saturated rings. The number of nitrogens with one attached hydrogen (secondary N) is 1. The molecule has 5 nitrogen and oxygen atoms in total. The zero-order valence-corrected chi connectivity index (χ0v) is 17.0. The van der Waals surface area contributed by atoms with E-state index in [0.717, 1.165) is 9.87 Å². The molecule has 1 N–H and O–H groups in total. The van der Waals surface area contributed by atoms with Crippen LogP contribution in [-0.2, 0) is 10.0 Å². The van der Waals surface area contributed by atoms with Crippen molar-refractivity contribution in [2.45, 2.75) is 11.8 Å². The summed E-state index contributed by atoms with van der Waals surface area (Å²) in [6.07, 6.45) is 0. The first-order valence-electron chi connectivity index (χ1n) is 8.50. The van der Waals surface area contributed by atoms with Crippen molar-refractivity contribution in [1.29, 1.82) is 0 Å². The second-order valence-electron chi connectivity index (χ2n) is 6.30. The van der Waals surface area contributed by atoms with Gasteiger partial charge >= 0.3 is 0 Å². The highest BCUT2D eigenvalue weighted by Gasteiger charge is 2.21. The minimum Gasteiger partial charge on any atom is -0.322 e. The van der Waals surface area contributed by atoms with Crippen molar-refractivity contribution in [3.8, 4) is 0 Å². The van der Waals surface area contributed by atoms with Crippen LogP contribution in [-0.4, -0.2) is 21.4 Å². The number of carbonyl (C=O) groups is 1. The van der Waals surface area contributed by atoms with Gasteiger partial charge < -0.3 is 5.32 Å². The average Bonchev–Trinajstić information content (AvgIpc) is 2.69. The Morgan fingerprint density at radius 2 is 1.61 bits per heavy atom. The fraction of sp³-hybridized carbons (Fsp3) is 0.0952. The van der Waals surface area contributed by atoms with Crippen LogP contribution in [0.1, 0.15) is 15.9 Å². The molecule has 3 aromatic carbocycles. The van der Waals surface area contributed by atoms with Gasteiger partial charge in [0.1, 0.15) is 0 Å². The van der Waals surface area contributed by atoms with Crippen LogP contribution in [0, 0.1) is 6.92 Å². The standard InChI is InChI=1S/C21H19ClN2O3S/c1-15-6-12-20(13-7-15)28(26,27)24(2)19-5-3-4-16(14-19)21(25)23-18-10-8-17(22)9-11-18/h3-14H,1-2H3,(H,23,25). The number of hydrogen-bond acceptors (Lipinski definition) is 3. The predicted molar refractivity (Wildman–Crippen MR) is 113 cm³/mol. The summed E-state index contributed by atoms with van der Waals surface area (Å²) in [5.41, 5.74) is 2.31. The average molecular weight is 415 g/mol. The van der Waals surface area contributed by atoms with E-state index in [1.165, 1.54) is 13.1 Å². The monoisotopic (exact) mass is 414 g/mol. The SMILES string of the molecule is Cc1ccc(S(=O)(=O)N(C)c2cccc(C(=O)Nc3ccc(Cl)cc3)c2)cc1. The topological polar surface area (TPSA) is 66.5 Å². The van der Waals surface area contributed by atoms with Crippen LogP contribution in [0.5, 0.6) is 0 Å². The smallest absolute Gasteiger partial charge is 0.264 e. The first-order chi connectivity index (χ1) is 13.3. The van der Waals surface area contributed by atoms with E-state index in [1.54, 1.807) is 66.7 Å². The summed E-state index contributed by atoms with van der Waals surface area (Å²) >= 11 is 5.85. The Hall–Kier alpha value is -2.83. The van der Waals surface area contributed by atoms with E-state index < -0.39 is 10.0 Å². The van der Waals surface area contributed by atoms with Gasteiger partial charge in [0.15, 0.2) is 0 Å². The van der Waals surface area contributed by atoms with Gasteiger partial charge in [0, 0.05) is 23.3 Å². The summed E-state index contributed by atoms with van der Waals surface area (Å²) in [5.74, 6) is -0.342. The second-order valence-corrected chi connectivity index (χ2v) is 8.70. The number of carbonyl (C=O) groups excluding carboxylic acids is 1. The lowest BCUT2D eigenvalue weighted by Gasteiger charge is -2.20. The fourth-order valence-electron chi connectivity index (χ4n) is 2.59. The van der Waals surface area contributed by atoms with E-state index in [1.807, 2.05) is 6.92 Å². The number of nitrogens with zero attached hydrogens (tertiary/aromatic N) is 1. The Kier molecular flexibility index (Phi) is 5.72. The van der Waals surface area contributed by atoms with Gasteiger partial charge in [-0.2, -0.15) is 0 Å². The number of sulfonamides is 1. The van der Waals surface area contributed by atoms with Crippen LogP contribution in [0.4, 0.5) is 11.4 Å². The van der Waals surface area contributed by atoms with E-state index in [4.69, 9.17) is 11.6 Å². The van der Waals surface area contributed by atoms with Gasteiger partial charge in [0.05, 0.1) is 10.6 Å². The zero-order chi connectivity index (χ0) is 20.3. The maximum absolute atomic E-state index is 12.9. The third kappa shape index (κ3) is 4.35. The molecule has 0 bridgehead atoms. The molecule has 0 radical (unpaired) electrons. The van der Waals surface area contributed by atoms with Crippen molar-refractivity contribution in [3.63, 3.8) is 0 Å². The van der Waals surface area contributed by atoms with E-state index in [0.29, 0.717) is 22.0 Å². The predicted octanol–water partition coefficient (Wildman–Crippen LogP) is 4.73. The van der Waals surface area contributed by atoms with Crippen LogP contribution in [0.15, 0.2) is 77.7 Å². The van der Waals surface area contributed by atoms with Crippen LogP contribution in [0.3, 0.4) is 0 Å². The maximum atomic E-state index is 12.9. The molecular formula is C21H19ClN2O3S. The lowest BCUT2D eigenvalue weighted by atomic mass is 10.2. The van der Waals surface area contributed by atoms with Gasteiger partial charge in [-0.1, -0.05) is 35.4 Å². The fourth-order valence-corrected chi connectivity index (χ4v) is 3.90. The molecule has 0 unspecified atom stereocenters. The Morgan fingerprint density at radius 1 is 0.964 bits per heavy atom. The van der Waals surface area contributed by atoms with Crippen molar-refractivity contribution in [2.24, 2.45) is 0 Å². The molecule has 3 aromatic rings. The van der Waals surface area contributed by atoms with Crippen molar-refractivity contribution < 1.29 is 13.2 Å². The number of anilines is 2. The summed E-state index contributed by atoms with van der Waals surface area (Å²) < 4.78 is 26.9. The summed E-state index contributed by atoms with van der Waals surface area (Å²) in [4.78, 5) is 12.7. The summed E-state index contributed by atoms with van der Waals surface area (Å²) in [5, 5.41) is 3.33. The third-order valence-electron chi connectivity index (χ3n) is 4.25. The summed E-state index contributed by atoms with van der Waals surface area (Å²) in [6.45, 7) is 1.89.